The largest absolute Gasteiger partial charge is 0.488 e. The maximum Gasteiger partial charge on any atom is 0.257 e. The number of hydrazone groups is 1. The number of fused-ring (bicyclic) bond motifs is 1. The van der Waals surface area contributed by atoms with Crippen LogP contribution < -0.4 is 15.5 Å². The van der Waals surface area contributed by atoms with Gasteiger partial charge in [-0.2, -0.15) is 5.10 Å². The van der Waals surface area contributed by atoms with Crippen LogP contribution in [0.25, 0.3) is 10.8 Å². The molecular weight excluding hydrogens is 546 g/mol. The van der Waals surface area contributed by atoms with Gasteiger partial charge in [-0.25, -0.2) is 5.43 Å². The molecule has 200 valence electrons. The number of halogens is 1. The maximum atomic E-state index is 12.5. The minimum absolute atomic E-state index is 0.0464. The highest BCUT2D eigenvalue weighted by atomic mass is 35.5. The predicted molar refractivity (Wildman–Crippen MR) is 158 cm³/mol. The Bertz CT molecular complexity index is 1710. The number of hydrogen-bond acceptors (Lipinski definition) is 7. The third-order valence-corrected chi connectivity index (χ3v) is 7.09. The first-order chi connectivity index (χ1) is 19.5. The second kappa shape index (κ2) is 12.5. The Kier molecular flexibility index (Phi) is 8.44. The lowest BCUT2D eigenvalue weighted by molar-refractivity contribution is -0.120. The highest BCUT2D eigenvalue weighted by Gasteiger charge is 2.14. The molecule has 0 aliphatic carbocycles. The molecule has 8 nitrogen and oxygen atoms in total. The van der Waals surface area contributed by atoms with Crippen molar-refractivity contribution < 1.29 is 14.3 Å². The summed E-state index contributed by atoms with van der Waals surface area (Å²) in [6.07, 6.45) is 1.44. The SMILES string of the molecule is Cc1ccccc1C(=O)Nc1nnc(CC(=O)N/N=C\c2cc(Cl)ccc2OCc2cccc3ccccc23)s1. The summed E-state index contributed by atoms with van der Waals surface area (Å²) in [5.41, 5.74) is 5.56. The molecule has 1 aromatic heterocycles. The predicted octanol–water partition coefficient (Wildman–Crippen LogP) is 6.18. The second-order valence-corrected chi connectivity index (χ2v) is 10.3. The van der Waals surface area contributed by atoms with Gasteiger partial charge < -0.3 is 4.74 Å². The standard InChI is InChI=1S/C30H24ClN5O3S/c1-19-7-2-4-11-24(19)29(38)33-30-36-35-28(40-30)16-27(37)34-32-17-22-15-23(31)13-14-26(22)39-18-21-10-6-9-20-8-3-5-12-25(20)21/h2-15,17H,16,18H2,1H3,(H,34,37)(H,33,36,38)/b32-17-. The lowest BCUT2D eigenvalue weighted by Crippen LogP contribution is -2.19. The van der Waals surface area contributed by atoms with Crippen LogP contribution in [0, 0.1) is 6.92 Å². The number of carbonyl (C=O) groups is 2. The van der Waals surface area contributed by atoms with Gasteiger partial charge in [0.05, 0.1) is 12.6 Å². The van der Waals surface area contributed by atoms with Crippen LogP contribution in [0.3, 0.4) is 0 Å². The maximum absolute atomic E-state index is 12.5. The molecule has 0 aliphatic heterocycles. The van der Waals surface area contributed by atoms with E-state index < -0.39 is 0 Å². The van der Waals surface area contributed by atoms with E-state index in [1.54, 1.807) is 30.3 Å². The van der Waals surface area contributed by atoms with E-state index in [1.165, 1.54) is 6.21 Å². The number of rotatable bonds is 9. The van der Waals surface area contributed by atoms with Crippen molar-refractivity contribution >= 4 is 56.9 Å². The molecule has 0 saturated heterocycles. The Morgan fingerprint density at radius 3 is 2.67 bits per heavy atom. The summed E-state index contributed by atoms with van der Waals surface area (Å²) in [4.78, 5) is 24.9. The van der Waals surface area contributed by atoms with Crippen LogP contribution >= 0.6 is 22.9 Å². The number of anilines is 1. The number of aryl methyl sites for hydroxylation is 1. The number of nitrogens with zero attached hydrogens (tertiary/aromatic N) is 3. The smallest absolute Gasteiger partial charge is 0.257 e. The molecule has 4 aromatic carbocycles. The van der Waals surface area contributed by atoms with E-state index in [-0.39, 0.29) is 18.2 Å². The molecule has 0 radical (unpaired) electrons. The molecule has 0 atom stereocenters. The minimum Gasteiger partial charge on any atom is -0.488 e. The Morgan fingerprint density at radius 1 is 1.00 bits per heavy atom. The van der Waals surface area contributed by atoms with Crippen LogP contribution in [0.5, 0.6) is 5.75 Å². The molecule has 0 fully saturated rings. The van der Waals surface area contributed by atoms with Crippen LogP contribution in [0.4, 0.5) is 5.13 Å². The van der Waals surface area contributed by atoms with Crippen molar-refractivity contribution in [3.8, 4) is 5.75 Å². The van der Waals surface area contributed by atoms with Crippen LogP contribution in [0.15, 0.2) is 90.0 Å². The van der Waals surface area contributed by atoms with Gasteiger partial charge >= 0.3 is 0 Å². The van der Waals surface area contributed by atoms with Gasteiger partial charge in [0.2, 0.25) is 11.0 Å². The van der Waals surface area contributed by atoms with Gasteiger partial charge in [-0.1, -0.05) is 83.6 Å². The molecule has 0 spiro atoms. The van der Waals surface area contributed by atoms with Crippen molar-refractivity contribution in [2.24, 2.45) is 5.10 Å². The summed E-state index contributed by atoms with van der Waals surface area (Å²) < 4.78 is 6.10. The Morgan fingerprint density at radius 2 is 1.80 bits per heavy atom. The van der Waals surface area contributed by atoms with E-state index in [0.717, 1.165) is 33.2 Å². The fourth-order valence-corrected chi connectivity index (χ4v) is 4.96. The molecule has 5 aromatic rings. The van der Waals surface area contributed by atoms with E-state index in [4.69, 9.17) is 16.3 Å². The zero-order valence-corrected chi connectivity index (χ0v) is 23.0. The molecule has 0 bridgehead atoms. The average molecular weight is 570 g/mol. The Hall–Kier alpha value is -4.60. The van der Waals surface area contributed by atoms with Crippen LogP contribution in [0.2, 0.25) is 5.02 Å². The first-order valence-corrected chi connectivity index (χ1v) is 13.6. The molecule has 2 amide bonds. The lowest BCUT2D eigenvalue weighted by Gasteiger charge is -2.11. The third-order valence-electron chi connectivity index (χ3n) is 6.02. The number of ether oxygens (including phenoxy) is 1. The van der Waals surface area contributed by atoms with Crippen molar-refractivity contribution in [1.82, 2.24) is 15.6 Å². The summed E-state index contributed by atoms with van der Waals surface area (Å²) >= 11 is 7.32. The van der Waals surface area contributed by atoms with Gasteiger partial charge in [0.15, 0.2) is 0 Å². The number of hydrogen-bond donors (Lipinski definition) is 2. The molecule has 2 N–H and O–H groups in total. The van der Waals surface area contributed by atoms with Gasteiger partial charge in [-0.3, -0.25) is 14.9 Å². The summed E-state index contributed by atoms with van der Waals surface area (Å²) in [5, 5.41) is 18.3. The average Bonchev–Trinajstić information content (AvgIpc) is 3.39. The van der Waals surface area contributed by atoms with Crippen LogP contribution in [-0.2, 0) is 17.8 Å². The van der Waals surface area contributed by atoms with Gasteiger partial charge in [-0.15, -0.1) is 10.2 Å². The fraction of sp³-hybridized carbons (Fsp3) is 0.100. The quantitative estimate of drug-likeness (QED) is 0.163. The van der Waals surface area contributed by atoms with Crippen LogP contribution in [-0.4, -0.2) is 28.2 Å². The molecule has 0 unspecified atom stereocenters. The molecule has 5 rings (SSSR count). The first kappa shape index (κ1) is 27.0. The van der Waals surface area contributed by atoms with Gasteiger partial charge in [-0.05, 0) is 53.1 Å². The fourth-order valence-electron chi connectivity index (χ4n) is 4.04. The van der Waals surface area contributed by atoms with E-state index in [2.05, 4.69) is 44.2 Å². The molecule has 40 heavy (non-hydrogen) atoms. The monoisotopic (exact) mass is 569 g/mol. The summed E-state index contributed by atoms with van der Waals surface area (Å²) in [5.74, 6) is -0.0900. The zero-order chi connectivity index (χ0) is 27.9. The molecule has 1 heterocycles. The first-order valence-electron chi connectivity index (χ1n) is 12.4. The highest BCUT2D eigenvalue weighted by Crippen LogP contribution is 2.25. The van der Waals surface area contributed by atoms with Gasteiger partial charge in [0.1, 0.15) is 17.4 Å². The Balaban J connectivity index is 1.18. The van der Waals surface area contributed by atoms with E-state index >= 15 is 0 Å². The van der Waals surface area contributed by atoms with Crippen molar-refractivity contribution in [2.45, 2.75) is 20.0 Å². The minimum atomic E-state index is -0.385. The lowest BCUT2D eigenvalue weighted by atomic mass is 10.1. The van der Waals surface area contributed by atoms with E-state index in [0.29, 0.717) is 38.6 Å². The van der Waals surface area contributed by atoms with Crippen molar-refractivity contribution in [2.75, 3.05) is 5.32 Å². The van der Waals surface area contributed by atoms with Gasteiger partial charge in [0, 0.05) is 16.1 Å². The summed E-state index contributed by atoms with van der Waals surface area (Å²) in [6.45, 7) is 2.21. The summed E-state index contributed by atoms with van der Waals surface area (Å²) in [7, 11) is 0. The van der Waals surface area contributed by atoms with Crippen molar-refractivity contribution in [3.05, 3.63) is 117 Å². The Labute approximate surface area is 239 Å². The topological polar surface area (TPSA) is 106 Å². The normalized spacial score (nSPS) is 11.1. The van der Waals surface area contributed by atoms with Crippen molar-refractivity contribution in [1.29, 1.82) is 0 Å². The molecule has 0 aliphatic rings. The number of benzene rings is 4. The van der Waals surface area contributed by atoms with Crippen molar-refractivity contribution in [3.63, 3.8) is 0 Å². The van der Waals surface area contributed by atoms with Crippen LogP contribution in [0.1, 0.15) is 32.1 Å². The number of nitrogens with one attached hydrogen (secondary N) is 2. The zero-order valence-electron chi connectivity index (χ0n) is 21.4. The third kappa shape index (κ3) is 6.69. The van der Waals surface area contributed by atoms with E-state index in [1.807, 2.05) is 43.3 Å². The molecular formula is C30H24ClN5O3S. The molecule has 0 saturated carbocycles. The number of aromatic nitrogens is 2. The van der Waals surface area contributed by atoms with E-state index in [9.17, 15) is 9.59 Å². The molecule has 10 heteroatoms. The van der Waals surface area contributed by atoms with Gasteiger partial charge in [0.25, 0.3) is 5.91 Å². The number of carbonyl (C=O) groups excluding carboxylic acids is 2. The number of amides is 2. The second-order valence-electron chi connectivity index (χ2n) is 8.85. The highest BCUT2D eigenvalue weighted by molar-refractivity contribution is 7.15. The summed E-state index contributed by atoms with van der Waals surface area (Å²) in [6, 6.07) is 26.7.